The van der Waals surface area contributed by atoms with Crippen molar-refractivity contribution in [3.8, 4) is 0 Å². The summed E-state index contributed by atoms with van der Waals surface area (Å²) >= 11 is 0. The molecule has 12 heteroatoms. The summed E-state index contributed by atoms with van der Waals surface area (Å²) in [5.74, 6) is -2.61. The number of nitro groups is 1. The van der Waals surface area contributed by atoms with E-state index in [1.807, 2.05) is 4.90 Å². The lowest BCUT2D eigenvalue weighted by molar-refractivity contribution is -0.384. The van der Waals surface area contributed by atoms with Crippen LogP contribution in [0, 0.1) is 10.1 Å². The van der Waals surface area contributed by atoms with Crippen LogP contribution in [0.25, 0.3) is 0 Å². The van der Waals surface area contributed by atoms with Gasteiger partial charge in [0.25, 0.3) is 5.69 Å². The quantitative estimate of drug-likeness (QED) is 0.301. The van der Waals surface area contributed by atoms with Crippen molar-refractivity contribution in [3.05, 3.63) is 33.9 Å². The van der Waals surface area contributed by atoms with E-state index in [0.29, 0.717) is 32.0 Å². The minimum Gasteiger partial charge on any atom is -0.480 e. The van der Waals surface area contributed by atoms with Gasteiger partial charge in [0.1, 0.15) is 11.7 Å². The van der Waals surface area contributed by atoms with Crippen molar-refractivity contribution in [2.75, 3.05) is 44.5 Å². The highest BCUT2D eigenvalue weighted by Gasteiger charge is 2.35. The van der Waals surface area contributed by atoms with E-state index in [2.05, 4.69) is 0 Å². The highest BCUT2D eigenvalue weighted by Crippen LogP contribution is 2.57. The number of nitrogens with two attached hydrogens (primary N) is 1. The average molecular weight is 417 g/mol. The fourth-order valence-electron chi connectivity index (χ4n) is 3.01. The Morgan fingerprint density at radius 3 is 2.64 bits per heavy atom. The number of aliphatic carboxylic acids is 1. The van der Waals surface area contributed by atoms with Crippen molar-refractivity contribution in [2.24, 2.45) is 5.73 Å². The van der Waals surface area contributed by atoms with Crippen molar-refractivity contribution in [1.82, 2.24) is 0 Å². The van der Waals surface area contributed by atoms with E-state index in [1.165, 1.54) is 25.3 Å². The van der Waals surface area contributed by atoms with Crippen LogP contribution in [-0.2, 0) is 18.8 Å². The van der Waals surface area contributed by atoms with Gasteiger partial charge in [-0.3, -0.25) is 19.5 Å². The molecule has 1 aliphatic heterocycles. The van der Waals surface area contributed by atoms with Crippen LogP contribution in [0.15, 0.2) is 18.2 Å². The molecule has 0 bridgehead atoms. The third-order valence-corrected chi connectivity index (χ3v) is 6.64. The topological polar surface area (TPSA) is 165 Å². The number of morpholine rings is 1. The molecule has 156 valence electrons. The van der Waals surface area contributed by atoms with Gasteiger partial charge in [0.2, 0.25) is 7.37 Å². The molecule has 1 aliphatic rings. The molecule has 28 heavy (non-hydrogen) atoms. The number of methoxy groups -OCH3 is 1. The van der Waals surface area contributed by atoms with Crippen LogP contribution in [0.2, 0.25) is 0 Å². The highest BCUT2D eigenvalue weighted by molar-refractivity contribution is 7.58. The predicted octanol–water partition coefficient (Wildman–Crippen LogP) is 1.15. The van der Waals surface area contributed by atoms with E-state index in [0.717, 1.165) is 0 Å². The number of rotatable bonds is 9. The smallest absolute Gasteiger partial charge is 0.320 e. The first-order valence-corrected chi connectivity index (χ1v) is 10.5. The maximum atomic E-state index is 12.7. The molecule has 2 rings (SSSR count). The molecule has 1 heterocycles. The normalized spacial score (nSPS) is 18.9. The molecule has 0 aromatic heterocycles. The van der Waals surface area contributed by atoms with Crippen molar-refractivity contribution < 1.29 is 33.8 Å². The van der Waals surface area contributed by atoms with Gasteiger partial charge < -0.3 is 30.1 Å². The summed E-state index contributed by atoms with van der Waals surface area (Å²) in [7, 11) is -2.82. The Kier molecular flexibility index (Phi) is 7.50. The summed E-state index contributed by atoms with van der Waals surface area (Å²) < 4.78 is 23.1. The van der Waals surface area contributed by atoms with Crippen LogP contribution in [0.4, 0.5) is 11.4 Å². The van der Waals surface area contributed by atoms with E-state index < -0.39 is 36.3 Å². The summed E-state index contributed by atoms with van der Waals surface area (Å²) in [6.07, 6.45) is -0.616. The fraction of sp³-hybridized carbons (Fsp3) is 0.562. The molecule has 1 aromatic carbocycles. The number of carbonyl (C=O) groups is 1. The van der Waals surface area contributed by atoms with Crippen LogP contribution in [0.5, 0.6) is 0 Å². The third kappa shape index (κ3) is 5.27. The Morgan fingerprint density at radius 1 is 1.46 bits per heavy atom. The third-order valence-electron chi connectivity index (χ3n) is 4.50. The number of carboxylic acids is 1. The zero-order valence-corrected chi connectivity index (χ0v) is 16.3. The van der Waals surface area contributed by atoms with Crippen LogP contribution in [0.3, 0.4) is 0 Å². The number of nitro benzene ring substituents is 1. The van der Waals surface area contributed by atoms with Gasteiger partial charge in [-0.2, -0.15) is 0 Å². The summed E-state index contributed by atoms with van der Waals surface area (Å²) in [5, 5.41) is 20.4. The van der Waals surface area contributed by atoms with E-state index >= 15 is 0 Å². The molecule has 0 radical (unpaired) electrons. The lowest BCUT2D eigenvalue weighted by Crippen LogP contribution is -2.36. The van der Waals surface area contributed by atoms with Gasteiger partial charge in [-0.25, -0.2) is 0 Å². The molecule has 0 saturated carbocycles. The maximum Gasteiger partial charge on any atom is 0.320 e. The lowest BCUT2D eigenvalue weighted by atomic mass is 10.1. The highest BCUT2D eigenvalue weighted by atomic mass is 31.2. The second-order valence-electron chi connectivity index (χ2n) is 6.41. The van der Waals surface area contributed by atoms with Crippen LogP contribution >= 0.6 is 7.37 Å². The number of benzene rings is 1. The molecule has 11 nitrogen and oxygen atoms in total. The van der Waals surface area contributed by atoms with E-state index in [1.54, 1.807) is 0 Å². The number of hydrogen-bond donors (Lipinski definition) is 3. The van der Waals surface area contributed by atoms with E-state index in [-0.39, 0.29) is 17.7 Å². The Labute approximate surface area is 161 Å². The maximum absolute atomic E-state index is 12.7. The van der Waals surface area contributed by atoms with Crippen molar-refractivity contribution in [2.45, 2.75) is 18.3 Å². The van der Waals surface area contributed by atoms with Crippen molar-refractivity contribution in [3.63, 3.8) is 0 Å². The van der Waals surface area contributed by atoms with Gasteiger partial charge in [0, 0.05) is 32.4 Å². The Balaban J connectivity index is 2.30. The molecule has 0 aliphatic carbocycles. The monoisotopic (exact) mass is 417 g/mol. The summed E-state index contributed by atoms with van der Waals surface area (Å²) in [4.78, 5) is 34.0. The summed E-state index contributed by atoms with van der Waals surface area (Å²) in [6, 6.07) is 2.97. The Bertz CT molecular complexity index is 768. The number of nitrogens with zero attached hydrogens (tertiary/aromatic N) is 2. The van der Waals surface area contributed by atoms with Crippen LogP contribution in [0.1, 0.15) is 17.8 Å². The zero-order chi connectivity index (χ0) is 20.9. The van der Waals surface area contributed by atoms with Gasteiger partial charge in [-0.1, -0.05) is 6.07 Å². The van der Waals surface area contributed by atoms with Gasteiger partial charge in [-0.05, 0) is 18.1 Å². The fourth-order valence-corrected chi connectivity index (χ4v) is 4.85. The lowest BCUT2D eigenvalue weighted by Gasteiger charge is -2.29. The first kappa shape index (κ1) is 22.3. The first-order chi connectivity index (χ1) is 13.2. The minimum atomic E-state index is -4.04. The second kappa shape index (κ2) is 9.44. The minimum absolute atomic E-state index is 0.168. The van der Waals surface area contributed by atoms with E-state index in [9.17, 15) is 24.4 Å². The van der Waals surface area contributed by atoms with Gasteiger partial charge in [-0.15, -0.1) is 0 Å². The molecule has 1 saturated heterocycles. The summed E-state index contributed by atoms with van der Waals surface area (Å²) in [5.41, 5.74) is 5.75. The Morgan fingerprint density at radius 2 is 2.11 bits per heavy atom. The van der Waals surface area contributed by atoms with Gasteiger partial charge >= 0.3 is 5.97 Å². The number of anilines is 1. The Hall–Kier alpha value is -2.04. The number of hydrogen-bond acceptors (Lipinski definition) is 8. The molecule has 1 fully saturated rings. The van der Waals surface area contributed by atoms with Crippen molar-refractivity contribution in [1.29, 1.82) is 0 Å². The summed E-state index contributed by atoms with van der Waals surface area (Å²) in [6.45, 7) is 1.91. The molecule has 3 atom stereocenters. The number of carboxylic acid groups (broad SMARTS) is 1. The van der Waals surface area contributed by atoms with Crippen molar-refractivity contribution >= 4 is 24.7 Å². The predicted molar refractivity (Wildman–Crippen MR) is 101 cm³/mol. The van der Waals surface area contributed by atoms with Gasteiger partial charge in [0.15, 0.2) is 5.85 Å². The molecule has 4 N–H and O–H groups in total. The van der Waals surface area contributed by atoms with E-state index in [4.69, 9.17) is 20.3 Å². The zero-order valence-electron chi connectivity index (χ0n) is 15.4. The average Bonchev–Trinajstić information content (AvgIpc) is 2.67. The second-order valence-corrected chi connectivity index (χ2v) is 8.83. The van der Waals surface area contributed by atoms with Crippen LogP contribution < -0.4 is 10.6 Å². The SMILES string of the molecule is COC(c1ccc(N2CCOCC2)c([N+](=O)[O-])c1)P(=O)(O)CC[C@H](N)C(=O)O. The van der Waals surface area contributed by atoms with Gasteiger partial charge in [0.05, 0.1) is 18.1 Å². The van der Waals surface area contributed by atoms with Crippen LogP contribution in [-0.4, -0.2) is 66.5 Å². The largest absolute Gasteiger partial charge is 0.480 e. The molecule has 0 amide bonds. The molecular formula is C16H24N3O8P. The standard InChI is InChI=1S/C16H24N3O8P/c1-26-16(28(24,25)9-4-12(17)15(20)21)11-2-3-13(14(10-11)19(22)23)18-5-7-27-8-6-18/h2-3,10,12,16H,4-9,17H2,1H3,(H,20,21)(H,24,25)/t12-,16?/m0/s1. The molecular weight excluding hydrogens is 393 g/mol. The first-order valence-electron chi connectivity index (χ1n) is 8.61. The molecule has 0 spiro atoms. The number of ether oxygens (including phenoxy) is 2. The molecule has 1 aromatic rings. The molecule has 2 unspecified atom stereocenters.